The number of hydrogen-bond acceptors (Lipinski definition) is 1. The van der Waals surface area contributed by atoms with E-state index in [0.717, 1.165) is 23.0 Å². The monoisotopic (exact) mass is 251 g/mol. The lowest BCUT2D eigenvalue weighted by Gasteiger charge is -1.97. The van der Waals surface area contributed by atoms with E-state index in [1.165, 1.54) is 5.56 Å². The van der Waals surface area contributed by atoms with E-state index >= 15 is 0 Å². The normalized spacial score (nSPS) is 9.36. The maximum Gasteiger partial charge on any atom is 0.0387 e. The van der Waals surface area contributed by atoms with Gasteiger partial charge < -0.3 is 5.32 Å². The van der Waals surface area contributed by atoms with Crippen molar-refractivity contribution < 1.29 is 0 Å². The van der Waals surface area contributed by atoms with Crippen molar-refractivity contribution in [1.82, 2.24) is 5.32 Å². The summed E-state index contributed by atoms with van der Waals surface area (Å²) < 4.78 is 1.08. The minimum atomic E-state index is 0.886. The highest BCUT2D eigenvalue weighted by Crippen LogP contribution is 2.16. The molecule has 0 atom stereocenters. The van der Waals surface area contributed by atoms with Crippen LogP contribution in [-0.2, 0) is 0 Å². The van der Waals surface area contributed by atoms with Crippen molar-refractivity contribution in [3.05, 3.63) is 33.8 Å². The third-order valence-electron chi connectivity index (χ3n) is 1.85. The zero-order valence-corrected chi connectivity index (χ0v) is 10.1. The lowest BCUT2D eigenvalue weighted by molar-refractivity contribution is 0.818. The molecule has 0 aromatic heterocycles. The summed E-state index contributed by atoms with van der Waals surface area (Å²) >= 11 is 3.50. The molecule has 0 unspecified atom stereocenters. The van der Waals surface area contributed by atoms with Gasteiger partial charge in [-0.25, -0.2) is 0 Å². The minimum Gasteiger partial charge on any atom is -0.319 e. The Kier molecular flexibility index (Phi) is 4.72. The maximum atomic E-state index is 3.50. The van der Waals surface area contributed by atoms with E-state index in [4.69, 9.17) is 0 Å². The number of halogens is 1. The Bertz CT molecular complexity index is 360. The van der Waals surface area contributed by atoms with Gasteiger partial charge in [0.15, 0.2) is 0 Å². The van der Waals surface area contributed by atoms with Crippen molar-refractivity contribution in [2.45, 2.75) is 13.3 Å². The van der Waals surface area contributed by atoms with Crippen molar-refractivity contribution in [2.75, 3.05) is 13.6 Å². The summed E-state index contributed by atoms with van der Waals surface area (Å²) in [7, 11) is 1.93. The second kappa shape index (κ2) is 5.85. The molecular formula is C12H14BrN. The fourth-order valence-corrected chi connectivity index (χ4v) is 1.66. The van der Waals surface area contributed by atoms with E-state index in [1.54, 1.807) is 0 Å². The van der Waals surface area contributed by atoms with Crippen molar-refractivity contribution in [2.24, 2.45) is 0 Å². The standard InChI is InChI=1S/C12H14BrN/c1-10-6-7-11(12(13)9-10)5-3-4-8-14-2/h6-7,9,14H,4,8H2,1-2H3. The number of aryl methyl sites for hydroxylation is 1. The van der Waals surface area contributed by atoms with E-state index in [2.05, 4.69) is 52.1 Å². The molecule has 0 spiro atoms. The summed E-state index contributed by atoms with van der Waals surface area (Å²) in [5.74, 6) is 6.26. The third kappa shape index (κ3) is 3.53. The number of rotatable bonds is 2. The van der Waals surface area contributed by atoms with Crippen LogP contribution in [0.15, 0.2) is 22.7 Å². The number of benzene rings is 1. The molecule has 0 saturated heterocycles. The molecule has 0 aliphatic carbocycles. The van der Waals surface area contributed by atoms with Crippen LogP contribution in [-0.4, -0.2) is 13.6 Å². The first-order chi connectivity index (χ1) is 6.74. The van der Waals surface area contributed by atoms with Gasteiger partial charge in [0.05, 0.1) is 0 Å². The topological polar surface area (TPSA) is 12.0 Å². The van der Waals surface area contributed by atoms with Crippen molar-refractivity contribution in [3.63, 3.8) is 0 Å². The van der Waals surface area contributed by atoms with Crippen LogP contribution in [0.3, 0.4) is 0 Å². The molecule has 0 radical (unpaired) electrons. The van der Waals surface area contributed by atoms with Crippen LogP contribution in [0.2, 0.25) is 0 Å². The first-order valence-corrected chi connectivity index (χ1v) is 5.43. The van der Waals surface area contributed by atoms with Crippen LogP contribution in [0.4, 0.5) is 0 Å². The van der Waals surface area contributed by atoms with Gasteiger partial charge in [-0.1, -0.05) is 17.9 Å². The van der Waals surface area contributed by atoms with Gasteiger partial charge in [-0.2, -0.15) is 0 Å². The van der Waals surface area contributed by atoms with Gasteiger partial charge in [-0.15, -0.1) is 0 Å². The van der Waals surface area contributed by atoms with E-state index in [0.29, 0.717) is 0 Å². The fourth-order valence-electron chi connectivity index (χ4n) is 1.07. The molecule has 1 nitrogen and oxygen atoms in total. The smallest absolute Gasteiger partial charge is 0.0387 e. The average Bonchev–Trinajstić information content (AvgIpc) is 2.15. The highest BCUT2D eigenvalue weighted by atomic mass is 79.9. The lowest BCUT2D eigenvalue weighted by atomic mass is 10.1. The van der Waals surface area contributed by atoms with Gasteiger partial charge in [0, 0.05) is 23.0 Å². The van der Waals surface area contributed by atoms with Crippen LogP contribution in [0, 0.1) is 18.8 Å². The molecule has 0 fully saturated rings. The van der Waals surface area contributed by atoms with Crippen LogP contribution >= 0.6 is 15.9 Å². The van der Waals surface area contributed by atoms with Gasteiger partial charge in [-0.3, -0.25) is 0 Å². The molecule has 0 bridgehead atoms. The predicted octanol–water partition coefficient (Wildman–Crippen LogP) is 2.72. The van der Waals surface area contributed by atoms with E-state index in [1.807, 2.05) is 13.1 Å². The molecule has 0 aliphatic rings. The number of hydrogen-bond donors (Lipinski definition) is 1. The zero-order valence-electron chi connectivity index (χ0n) is 8.52. The molecule has 1 aromatic rings. The predicted molar refractivity (Wildman–Crippen MR) is 64.3 cm³/mol. The maximum absolute atomic E-state index is 3.50. The first kappa shape index (κ1) is 11.3. The Morgan fingerprint density at radius 2 is 2.21 bits per heavy atom. The molecule has 0 heterocycles. The quantitative estimate of drug-likeness (QED) is 0.630. The SMILES string of the molecule is CNCCC#Cc1ccc(C)cc1Br. The summed E-state index contributed by atoms with van der Waals surface area (Å²) in [5, 5.41) is 3.06. The zero-order chi connectivity index (χ0) is 10.4. The molecular weight excluding hydrogens is 238 g/mol. The molecule has 2 heteroatoms. The Morgan fingerprint density at radius 1 is 1.43 bits per heavy atom. The Hall–Kier alpha value is -0.780. The van der Waals surface area contributed by atoms with E-state index in [-0.39, 0.29) is 0 Å². The highest BCUT2D eigenvalue weighted by Gasteiger charge is 1.94. The van der Waals surface area contributed by atoms with Crippen LogP contribution < -0.4 is 5.32 Å². The molecule has 1 aromatic carbocycles. The Labute approximate surface area is 94.0 Å². The van der Waals surface area contributed by atoms with Crippen LogP contribution in [0.5, 0.6) is 0 Å². The van der Waals surface area contributed by atoms with Crippen molar-refractivity contribution >= 4 is 15.9 Å². The fraction of sp³-hybridized carbons (Fsp3) is 0.333. The first-order valence-electron chi connectivity index (χ1n) is 4.63. The van der Waals surface area contributed by atoms with Crippen molar-refractivity contribution in [1.29, 1.82) is 0 Å². The molecule has 0 aliphatic heterocycles. The van der Waals surface area contributed by atoms with E-state index < -0.39 is 0 Å². The third-order valence-corrected chi connectivity index (χ3v) is 2.50. The van der Waals surface area contributed by atoms with Crippen molar-refractivity contribution in [3.8, 4) is 11.8 Å². The summed E-state index contributed by atoms with van der Waals surface area (Å²) in [5.41, 5.74) is 2.31. The summed E-state index contributed by atoms with van der Waals surface area (Å²) in [6, 6.07) is 6.21. The van der Waals surface area contributed by atoms with Gasteiger partial charge in [0.2, 0.25) is 0 Å². The highest BCUT2D eigenvalue weighted by molar-refractivity contribution is 9.10. The Morgan fingerprint density at radius 3 is 2.86 bits per heavy atom. The largest absolute Gasteiger partial charge is 0.319 e. The van der Waals surface area contributed by atoms with Gasteiger partial charge >= 0.3 is 0 Å². The van der Waals surface area contributed by atoms with Crippen LogP contribution in [0.1, 0.15) is 17.5 Å². The van der Waals surface area contributed by atoms with Gasteiger partial charge in [0.25, 0.3) is 0 Å². The average molecular weight is 252 g/mol. The molecule has 0 amide bonds. The molecule has 1 N–H and O–H groups in total. The molecule has 74 valence electrons. The number of nitrogens with one attached hydrogen (secondary N) is 1. The summed E-state index contributed by atoms with van der Waals surface area (Å²) in [6.45, 7) is 3.01. The Balaban J connectivity index is 2.70. The molecule has 14 heavy (non-hydrogen) atoms. The summed E-state index contributed by atoms with van der Waals surface area (Å²) in [6.07, 6.45) is 0.886. The molecule has 0 saturated carbocycles. The minimum absolute atomic E-state index is 0.886. The molecule has 1 rings (SSSR count). The van der Waals surface area contributed by atoms with Gasteiger partial charge in [-0.05, 0) is 47.6 Å². The summed E-state index contributed by atoms with van der Waals surface area (Å²) in [4.78, 5) is 0. The van der Waals surface area contributed by atoms with E-state index in [9.17, 15) is 0 Å². The van der Waals surface area contributed by atoms with Gasteiger partial charge in [0.1, 0.15) is 0 Å². The van der Waals surface area contributed by atoms with Crippen LogP contribution in [0.25, 0.3) is 0 Å². The second-order valence-electron chi connectivity index (χ2n) is 3.14. The lowest BCUT2D eigenvalue weighted by Crippen LogP contribution is -2.05. The second-order valence-corrected chi connectivity index (χ2v) is 3.99.